The van der Waals surface area contributed by atoms with Gasteiger partial charge in [-0.3, -0.25) is 14.5 Å². The number of carboxylic acid groups (broad SMARTS) is 1. The van der Waals surface area contributed by atoms with Crippen LogP contribution < -0.4 is 4.90 Å². The van der Waals surface area contributed by atoms with Crippen molar-refractivity contribution in [1.29, 1.82) is 0 Å². The van der Waals surface area contributed by atoms with Crippen molar-refractivity contribution >= 4 is 23.8 Å². The molecule has 3 atom stereocenters. The molecule has 0 bridgehead atoms. The molecule has 2 N–H and O–H groups in total. The molecule has 0 unspecified atom stereocenters. The van der Waals surface area contributed by atoms with Crippen molar-refractivity contribution in [3.63, 3.8) is 0 Å². The van der Waals surface area contributed by atoms with Crippen LogP contribution in [0.25, 0.3) is 0 Å². The number of aliphatic hydroxyl groups is 1. The number of likely N-dealkylation sites (tertiary alicyclic amines) is 1. The van der Waals surface area contributed by atoms with Gasteiger partial charge in [-0.05, 0) is 51.2 Å². The number of aromatic nitrogens is 1. The van der Waals surface area contributed by atoms with E-state index in [1.54, 1.807) is 37.9 Å². The van der Waals surface area contributed by atoms with E-state index in [0.29, 0.717) is 11.7 Å². The molecule has 9 heteroatoms. The zero-order chi connectivity index (χ0) is 23.8. The first kappa shape index (κ1) is 24.0. The topological polar surface area (TPSA) is 120 Å². The van der Waals surface area contributed by atoms with Gasteiger partial charge >= 0.3 is 12.1 Å². The average Bonchev–Trinajstić information content (AvgIpc) is 3.52. The Kier molecular flexibility index (Phi) is 6.78. The number of piperidine rings is 1. The molecule has 1 aromatic heterocycles. The maximum atomic E-state index is 13.6. The van der Waals surface area contributed by atoms with Crippen molar-refractivity contribution < 1.29 is 29.3 Å². The fourth-order valence-electron chi connectivity index (χ4n) is 3.84. The van der Waals surface area contributed by atoms with Gasteiger partial charge in [-0.15, -0.1) is 0 Å². The molecule has 2 aliphatic rings. The first-order valence-corrected chi connectivity index (χ1v) is 11.1. The van der Waals surface area contributed by atoms with Gasteiger partial charge in [-0.1, -0.05) is 19.9 Å². The summed E-state index contributed by atoms with van der Waals surface area (Å²) in [6.45, 7) is 8.89. The van der Waals surface area contributed by atoms with E-state index in [0.717, 1.165) is 18.4 Å². The number of carbonyl (C=O) groups is 3. The third-order valence-electron chi connectivity index (χ3n) is 5.78. The summed E-state index contributed by atoms with van der Waals surface area (Å²) in [5.41, 5.74) is 0.268. The zero-order valence-electron chi connectivity index (χ0n) is 19.3. The van der Waals surface area contributed by atoms with E-state index < -0.39 is 41.5 Å². The van der Waals surface area contributed by atoms with Crippen LogP contribution in [0, 0.1) is 11.8 Å². The highest BCUT2D eigenvalue weighted by Gasteiger charge is 2.48. The van der Waals surface area contributed by atoms with E-state index >= 15 is 0 Å². The number of aliphatic hydroxyl groups excluding tert-OH is 1. The molecule has 2 amide bonds. The van der Waals surface area contributed by atoms with E-state index in [-0.39, 0.29) is 19.1 Å². The van der Waals surface area contributed by atoms with Gasteiger partial charge in [0.1, 0.15) is 17.3 Å². The summed E-state index contributed by atoms with van der Waals surface area (Å²) in [6.07, 6.45) is 1.22. The third-order valence-corrected chi connectivity index (χ3v) is 5.78. The lowest BCUT2D eigenvalue weighted by Gasteiger charge is -2.40. The Morgan fingerprint density at radius 1 is 1.16 bits per heavy atom. The highest BCUT2D eigenvalue weighted by Crippen LogP contribution is 2.35. The zero-order valence-corrected chi connectivity index (χ0v) is 19.3. The summed E-state index contributed by atoms with van der Waals surface area (Å²) in [5.74, 6) is -3.31. The van der Waals surface area contributed by atoms with Crippen LogP contribution in [0.2, 0.25) is 0 Å². The summed E-state index contributed by atoms with van der Waals surface area (Å²) < 4.78 is 5.38. The van der Waals surface area contributed by atoms with Gasteiger partial charge in [-0.25, -0.2) is 9.78 Å². The summed E-state index contributed by atoms with van der Waals surface area (Å²) >= 11 is 0. The maximum Gasteiger partial charge on any atom is 0.410 e. The number of amides is 2. The van der Waals surface area contributed by atoms with Gasteiger partial charge in [0.05, 0.1) is 12.0 Å². The van der Waals surface area contributed by atoms with Crippen LogP contribution in [-0.4, -0.2) is 68.9 Å². The molecule has 9 nitrogen and oxygen atoms in total. The average molecular weight is 448 g/mol. The van der Waals surface area contributed by atoms with Crippen LogP contribution in [0.4, 0.5) is 10.6 Å². The third kappa shape index (κ3) is 5.38. The van der Waals surface area contributed by atoms with Gasteiger partial charge in [0.25, 0.3) is 0 Å². The number of anilines is 1. The van der Waals surface area contributed by atoms with Gasteiger partial charge in [0, 0.05) is 25.3 Å². The molecule has 0 aromatic carbocycles. The monoisotopic (exact) mass is 447 g/mol. The minimum atomic E-state index is -1.42. The SMILES string of the molecule is CC(C)c1ccc(N(C(=O)[C@H]2CN(C(=O)OC(C)(C)C)C[C@@H](C(=O)O)[C@H]2O)C2CC2)nc1. The summed E-state index contributed by atoms with van der Waals surface area (Å²) in [4.78, 5) is 45.2. The number of ether oxygens (including phenoxy) is 1. The normalized spacial score (nSPS) is 23.7. The number of hydrogen-bond donors (Lipinski definition) is 2. The number of carboxylic acids is 1. The van der Waals surface area contributed by atoms with Crippen molar-refractivity contribution in [2.75, 3.05) is 18.0 Å². The maximum absolute atomic E-state index is 13.6. The van der Waals surface area contributed by atoms with Crippen molar-refractivity contribution in [1.82, 2.24) is 9.88 Å². The number of rotatable bonds is 5. The minimum Gasteiger partial charge on any atom is -0.481 e. The van der Waals surface area contributed by atoms with Crippen LogP contribution in [0.1, 0.15) is 58.9 Å². The van der Waals surface area contributed by atoms with Gasteiger partial charge < -0.3 is 19.8 Å². The van der Waals surface area contributed by atoms with E-state index in [2.05, 4.69) is 18.8 Å². The Balaban J connectivity index is 1.88. The first-order valence-electron chi connectivity index (χ1n) is 11.1. The predicted octanol–water partition coefficient (Wildman–Crippen LogP) is 2.63. The Morgan fingerprint density at radius 3 is 2.25 bits per heavy atom. The van der Waals surface area contributed by atoms with Gasteiger partial charge in [-0.2, -0.15) is 0 Å². The number of nitrogens with zero attached hydrogens (tertiary/aromatic N) is 3. The summed E-state index contributed by atoms with van der Waals surface area (Å²) in [7, 11) is 0. The first-order chi connectivity index (χ1) is 14.9. The fourth-order valence-corrected chi connectivity index (χ4v) is 3.84. The molecule has 1 saturated heterocycles. The molecule has 2 heterocycles. The second-order valence-corrected chi connectivity index (χ2v) is 9.97. The lowest BCUT2D eigenvalue weighted by atomic mass is 9.85. The van der Waals surface area contributed by atoms with E-state index in [4.69, 9.17) is 4.74 Å². The molecule has 1 aromatic rings. The Bertz CT molecular complexity index is 859. The molecule has 32 heavy (non-hydrogen) atoms. The van der Waals surface area contributed by atoms with Gasteiger partial charge in [0.15, 0.2) is 0 Å². The van der Waals surface area contributed by atoms with Crippen molar-refractivity contribution in [3.8, 4) is 0 Å². The predicted molar refractivity (Wildman–Crippen MR) is 117 cm³/mol. The smallest absolute Gasteiger partial charge is 0.410 e. The molecule has 3 rings (SSSR count). The molecule has 1 aliphatic carbocycles. The number of aliphatic carboxylic acids is 1. The largest absolute Gasteiger partial charge is 0.481 e. The van der Waals surface area contributed by atoms with Gasteiger partial charge in [0.2, 0.25) is 5.91 Å². The molecule has 0 spiro atoms. The van der Waals surface area contributed by atoms with Crippen molar-refractivity contribution in [2.24, 2.45) is 11.8 Å². The Morgan fingerprint density at radius 2 is 1.78 bits per heavy atom. The second-order valence-electron chi connectivity index (χ2n) is 9.97. The number of pyridine rings is 1. The second kappa shape index (κ2) is 9.05. The van der Waals surface area contributed by atoms with Crippen LogP contribution in [0.5, 0.6) is 0 Å². The summed E-state index contributed by atoms with van der Waals surface area (Å²) in [6, 6.07) is 3.65. The number of hydrogen-bond acceptors (Lipinski definition) is 6. The fraction of sp³-hybridized carbons (Fsp3) is 0.652. The van der Waals surface area contributed by atoms with Crippen molar-refractivity contribution in [2.45, 2.75) is 71.1 Å². The van der Waals surface area contributed by atoms with Crippen LogP contribution in [0.3, 0.4) is 0 Å². The van der Waals surface area contributed by atoms with Crippen molar-refractivity contribution in [3.05, 3.63) is 23.9 Å². The Hall–Kier alpha value is -2.68. The highest BCUT2D eigenvalue weighted by molar-refractivity contribution is 5.96. The van der Waals surface area contributed by atoms with Crippen LogP contribution in [-0.2, 0) is 14.3 Å². The molecule has 1 saturated carbocycles. The van der Waals surface area contributed by atoms with Crippen LogP contribution >= 0.6 is 0 Å². The Labute approximate surface area is 188 Å². The molecule has 1 aliphatic heterocycles. The van der Waals surface area contributed by atoms with E-state index in [1.807, 2.05) is 6.07 Å². The van der Waals surface area contributed by atoms with Crippen LogP contribution in [0.15, 0.2) is 18.3 Å². The quantitative estimate of drug-likeness (QED) is 0.712. The molecule has 0 radical (unpaired) electrons. The lowest BCUT2D eigenvalue weighted by molar-refractivity contribution is -0.153. The lowest BCUT2D eigenvalue weighted by Crippen LogP contribution is -2.59. The molecule has 2 fully saturated rings. The highest BCUT2D eigenvalue weighted by atomic mass is 16.6. The molecular weight excluding hydrogens is 414 g/mol. The van der Waals surface area contributed by atoms with E-state index in [9.17, 15) is 24.6 Å². The van der Waals surface area contributed by atoms with E-state index in [1.165, 1.54) is 4.90 Å². The number of carbonyl (C=O) groups excluding carboxylic acids is 2. The minimum absolute atomic E-state index is 0.0488. The molecule has 176 valence electrons. The standard InChI is InChI=1S/C23H33N3O6/c1-13(2)14-6-9-18(24-10-14)26(15-7-8-15)20(28)16-11-25(22(31)32-23(3,4)5)12-17(19(16)27)21(29)30/h6,9-10,13,15-17,19,27H,7-8,11-12H2,1-5H3,(H,29,30)/t16-,17+,19-/m0/s1. The molecular formula is C23H33N3O6. The summed E-state index contributed by atoms with van der Waals surface area (Å²) in [5, 5.41) is 20.4.